The molecule has 0 amide bonds. The van der Waals surface area contributed by atoms with Gasteiger partial charge < -0.3 is 544 Å². The minimum Gasteiger partial charge on any atom is -0.466 e. The van der Waals surface area contributed by atoms with Crippen LogP contribution in [0.1, 0.15) is 69.2 Å². The van der Waals surface area contributed by atoms with Gasteiger partial charge in [0.15, 0.2) is 0 Å². The molecule has 0 aromatic carbocycles. The Morgan fingerprint density at radius 1 is 0.0960 bits per heavy atom. The van der Waals surface area contributed by atoms with Crippen LogP contribution in [0.4, 0.5) is 0 Å². The monoisotopic (exact) mass is 2150 g/mol. The van der Waals surface area contributed by atoms with Crippen LogP contribution in [0.2, 0.25) is 0 Å². The average molecular weight is 2150 g/mol. The molecule has 190 N–H and O–H groups in total. The standard InChI is InChI=1S/5C4H8O2.95H2O/c5*1-3-6-4(2)5;;;;;;;;;;;;;;;;;;;;;;;;;;;;;;;;;;;;;;;;;;;;;;;;;;;;;;;;;;;;;;;;;;;;;;;;;;;;;;;;;;;;;;;;;;;;;;;/h5*3H2,1-2H3;95*1H2. The fourth-order valence-electron chi connectivity index (χ4n) is 1.02. The van der Waals surface area contributed by atoms with Crippen molar-refractivity contribution in [2.75, 3.05) is 33.0 Å². The van der Waals surface area contributed by atoms with Gasteiger partial charge in [0.2, 0.25) is 0 Å². The van der Waals surface area contributed by atoms with Crippen LogP contribution in [-0.4, -0.2) is 583 Å². The SMILES string of the molecule is CCOC(C)=O.CCOC(C)=O.CCOC(C)=O.CCOC(C)=O.CCOC(C)=O.O.O.O.O.O.O.O.O.O.O.O.O.O.O.O.O.O.O.O.O.O.O.O.O.O.O.O.O.O.O.O.O.O.O.O.O.O.O.O.O.O.O.O.O.O.O.O.O.O.O.O.O.O.O.O.O.O.O.O.O.O.O.O.O.O.O.O.O.O.O.O.O.O.O.O.O.O.O.O.O.O.O.O.O.O.O.O.O.O.O.O.O.O.O.O. The lowest BCUT2D eigenvalue weighted by atomic mass is 10.8. The number of esters is 5. The maximum atomic E-state index is 9.82. The van der Waals surface area contributed by atoms with Gasteiger partial charge in [-0.05, 0) is 34.6 Å². The van der Waals surface area contributed by atoms with Gasteiger partial charge in [-0.1, -0.05) is 0 Å². The smallest absolute Gasteiger partial charge is 0.302 e. The summed E-state index contributed by atoms with van der Waals surface area (Å²) < 4.78 is 22.0. The van der Waals surface area contributed by atoms with Crippen molar-refractivity contribution in [3.63, 3.8) is 0 Å². The topological polar surface area (TPSA) is 3120 Å². The summed E-state index contributed by atoms with van der Waals surface area (Å²) in [5.74, 6) is -1.05. The van der Waals surface area contributed by atoms with Gasteiger partial charge in [-0.2, -0.15) is 0 Å². The summed E-state index contributed by atoms with van der Waals surface area (Å²) in [5.41, 5.74) is 0. The summed E-state index contributed by atoms with van der Waals surface area (Å²) >= 11 is 0. The minimum absolute atomic E-state index is 0. The van der Waals surface area contributed by atoms with Gasteiger partial charge in [-0.3, -0.25) is 24.0 Å². The largest absolute Gasteiger partial charge is 0.466 e. The Bertz CT molecular complexity index is 392. The zero-order chi connectivity index (χ0) is 25.0. The number of ether oxygens (including phenoxy) is 5. The number of hydrogen-bond donors (Lipinski definition) is 0. The fourth-order valence-corrected chi connectivity index (χ4v) is 1.02. The van der Waals surface area contributed by atoms with E-state index in [-0.39, 0.29) is 550 Å². The van der Waals surface area contributed by atoms with E-state index >= 15 is 0 Å². The molecular weight excluding hydrogens is 1920 g/mol. The maximum Gasteiger partial charge on any atom is 0.302 e. The van der Waals surface area contributed by atoms with Crippen molar-refractivity contribution in [1.29, 1.82) is 0 Å². The van der Waals surface area contributed by atoms with Crippen molar-refractivity contribution in [1.82, 2.24) is 0 Å². The van der Waals surface area contributed by atoms with Crippen LogP contribution in [-0.2, 0) is 47.7 Å². The molecule has 0 heterocycles. The third kappa shape index (κ3) is 21500. The van der Waals surface area contributed by atoms with Crippen LogP contribution >= 0.6 is 0 Å². The molecule has 0 saturated carbocycles. The van der Waals surface area contributed by atoms with Gasteiger partial charge >= 0.3 is 29.8 Å². The van der Waals surface area contributed by atoms with Gasteiger partial charge in [-0.15, -0.1) is 0 Å². The van der Waals surface area contributed by atoms with E-state index in [2.05, 4.69) is 23.7 Å². The maximum absolute atomic E-state index is 9.82. The molecule has 0 aliphatic rings. The number of hydrogen-bond acceptors (Lipinski definition) is 10. The Morgan fingerprint density at radius 3 is 0.120 bits per heavy atom. The molecular formula is C20H230O105. The summed E-state index contributed by atoms with van der Waals surface area (Å²) in [6, 6.07) is 0. The third-order valence-corrected chi connectivity index (χ3v) is 1.74. The second-order valence-corrected chi connectivity index (χ2v) is 4.62. The lowest BCUT2D eigenvalue weighted by Crippen LogP contribution is -1.95. The van der Waals surface area contributed by atoms with E-state index in [1.165, 1.54) is 34.6 Å². The molecule has 0 unspecified atom stereocenters. The Balaban J connectivity index is -0.000000000536. The number of rotatable bonds is 5. The number of carbonyl (C=O) groups is 5. The molecule has 105 nitrogen and oxygen atoms in total. The average Bonchev–Trinajstić information content (AvgIpc) is 2.56. The Hall–Kier alpha value is -6.45. The summed E-state index contributed by atoms with van der Waals surface area (Å²) in [6.07, 6.45) is 0. The van der Waals surface area contributed by atoms with E-state index in [4.69, 9.17) is 0 Å². The van der Waals surface area contributed by atoms with Crippen LogP contribution in [0, 0.1) is 0 Å². The lowest BCUT2D eigenvalue weighted by Gasteiger charge is -1.89. The quantitative estimate of drug-likeness (QED) is 0.185. The van der Waals surface area contributed by atoms with Crippen LogP contribution in [0.15, 0.2) is 0 Å². The van der Waals surface area contributed by atoms with E-state index in [9.17, 15) is 24.0 Å². The summed E-state index contributed by atoms with van der Waals surface area (Å²) in [6.45, 7) is 18.3. The molecule has 0 aliphatic heterocycles. The normalized spacial score (nSPS) is 1.84. The molecule has 0 radical (unpaired) electrons. The molecule has 0 fully saturated rings. The van der Waals surface area contributed by atoms with Crippen molar-refractivity contribution in [2.24, 2.45) is 0 Å². The molecule has 105 heteroatoms. The molecule has 0 aromatic rings. The van der Waals surface area contributed by atoms with Crippen molar-refractivity contribution in [3.8, 4) is 0 Å². The van der Waals surface area contributed by atoms with E-state index < -0.39 is 0 Å². The first-order valence-electron chi connectivity index (χ1n) is 9.52. The van der Waals surface area contributed by atoms with Crippen LogP contribution < -0.4 is 0 Å². The summed E-state index contributed by atoms with van der Waals surface area (Å²) in [7, 11) is 0. The predicted molar refractivity (Wildman–Crippen MR) is 455 cm³/mol. The zero-order valence-electron chi connectivity index (χ0n) is 67.6. The fraction of sp³-hybridized carbons (Fsp3) is 0.750. The minimum atomic E-state index is -0.211. The van der Waals surface area contributed by atoms with E-state index in [0.29, 0.717) is 33.0 Å². The van der Waals surface area contributed by atoms with Crippen molar-refractivity contribution < 1.29 is 568 Å². The van der Waals surface area contributed by atoms with E-state index in [1.807, 2.05) is 0 Å². The van der Waals surface area contributed by atoms with Gasteiger partial charge in [0.25, 0.3) is 0 Å². The van der Waals surface area contributed by atoms with Gasteiger partial charge in [0.1, 0.15) is 0 Å². The predicted octanol–water partition coefficient (Wildman–Crippen LogP) is -75.5. The van der Waals surface area contributed by atoms with Crippen LogP contribution in [0.3, 0.4) is 0 Å². The van der Waals surface area contributed by atoms with E-state index in [0.717, 1.165) is 0 Å². The first-order chi connectivity index (χ1) is 13.9. The van der Waals surface area contributed by atoms with Crippen molar-refractivity contribution >= 4 is 29.8 Å². The highest BCUT2D eigenvalue weighted by atomic mass is 16.5. The summed E-state index contributed by atoms with van der Waals surface area (Å²) in [5, 5.41) is 0. The first kappa shape index (κ1) is 4760. The Labute approximate surface area is 701 Å². The van der Waals surface area contributed by atoms with Crippen molar-refractivity contribution in [3.05, 3.63) is 0 Å². The molecule has 0 saturated heterocycles. The van der Waals surface area contributed by atoms with Crippen LogP contribution in [0.25, 0.3) is 0 Å². The number of carbonyl (C=O) groups excluding carboxylic acids is 5. The lowest BCUT2D eigenvalue weighted by molar-refractivity contribution is -0.141. The molecule has 0 bridgehead atoms. The molecule has 125 heavy (non-hydrogen) atoms. The molecule has 940 valence electrons. The molecule has 0 spiro atoms. The van der Waals surface area contributed by atoms with Crippen LogP contribution in [0.5, 0.6) is 0 Å². The third-order valence-electron chi connectivity index (χ3n) is 1.74. The summed E-state index contributed by atoms with van der Waals surface area (Å²) in [4.78, 5) is 49.1. The molecule has 0 aliphatic carbocycles. The van der Waals surface area contributed by atoms with Gasteiger partial charge in [0.05, 0.1) is 33.0 Å². The van der Waals surface area contributed by atoms with E-state index in [1.54, 1.807) is 34.6 Å². The molecule has 0 rings (SSSR count). The van der Waals surface area contributed by atoms with Crippen molar-refractivity contribution in [2.45, 2.75) is 69.2 Å². The Kier molecular flexibility index (Phi) is 177000. The van der Waals surface area contributed by atoms with Gasteiger partial charge in [-0.25, -0.2) is 0 Å². The Morgan fingerprint density at radius 2 is 0.120 bits per heavy atom. The second kappa shape index (κ2) is 4640. The molecule has 0 aromatic heterocycles. The highest BCUT2D eigenvalue weighted by Gasteiger charge is 1.83. The highest BCUT2D eigenvalue weighted by molar-refractivity contribution is 5.66. The zero-order valence-corrected chi connectivity index (χ0v) is 67.6. The first-order valence-corrected chi connectivity index (χ1v) is 9.52. The second-order valence-electron chi connectivity index (χ2n) is 4.62. The molecule has 0 atom stereocenters. The van der Waals surface area contributed by atoms with Gasteiger partial charge in [0, 0.05) is 34.6 Å². The highest BCUT2D eigenvalue weighted by Crippen LogP contribution is 1.71.